The third-order valence-corrected chi connectivity index (χ3v) is 4.21. The van der Waals surface area contributed by atoms with Crippen LogP contribution < -0.4 is 5.32 Å². The van der Waals surface area contributed by atoms with Crippen molar-refractivity contribution >= 4 is 11.7 Å². The molecule has 1 N–H and O–H groups in total. The van der Waals surface area contributed by atoms with Crippen molar-refractivity contribution < 1.29 is 9.59 Å². The fourth-order valence-electron chi connectivity index (χ4n) is 2.44. The Morgan fingerprint density at radius 1 is 1.04 bits per heavy atom. The van der Waals surface area contributed by atoms with Crippen LogP contribution in [0.1, 0.15) is 45.7 Å². The lowest BCUT2D eigenvalue weighted by molar-refractivity contribution is 0.0868. The Bertz CT molecular complexity index is 788. The minimum Gasteiger partial charge on any atom is -0.349 e. The van der Waals surface area contributed by atoms with Crippen LogP contribution in [0.2, 0.25) is 0 Å². The predicted octanol–water partition coefficient (Wildman–Crippen LogP) is 3.50. The summed E-state index contributed by atoms with van der Waals surface area (Å²) in [7, 11) is 0. The highest BCUT2D eigenvalue weighted by Gasteiger charge is 2.23. The first kappa shape index (κ1) is 17.4. The molecule has 0 aromatic heterocycles. The van der Waals surface area contributed by atoms with Crippen molar-refractivity contribution in [3.05, 3.63) is 70.8 Å². The molecule has 4 nitrogen and oxygen atoms in total. The highest BCUT2D eigenvalue weighted by atomic mass is 16.2. The summed E-state index contributed by atoms with van der Waals surface area (Å²) < 4.78 is 0. The Labute approximate surface area is 142 Å². The van der Waals surface area contributed by atoms with E-state index in [2.05, 4.69) is 5.32 Å². The van der Waals surface area contributed by atoms with Gasteiger partial charge in [-0.2, -0.15) is 5.26 Å². The van der Waals surface area contributed by atoms with E-state index >= 15 is 0 Å². The van der Waals surface area contributed by atoms with Crippen LogP contribution in [0.15, 0.2) is 48.5 Å². The quantitative estimate of drug-likeness (QED) is 0.857. The van der Waals surface area contributed by atoms with E-state index < -0.39 is 0 Å². The number of carbonyl (C=O) groups is 2. The molecule has 0 radical (unpaired) electrons. The van der Waals surface area contributed by atoms with E-state index in [4.69, 9.17) is 5.26 Å². The number of rotatable bonds is 5. The minimum atomic E-state index is -0.370. The smallest absolute Gasteiger partial charge is 0.251 e. The Kier molecular flexibility index (Phi) is 5.49. The average molecular weight is 320 g/mol. The normalized spacial score (nSPS) is 12.8. The van der Waals surface area contributed by atoms with Gasteiger partial charge in [-0.05, 0) is 37.6 Å². The lowest BCUT2D eigenvalue weighted by Crippen LogP contribution is -2.40. The molecule has 2 unspecified atom stereocenters. The van der Waals surface area contributed by atoms with Crippen LogP contribution in [0.5, 0.6) is 0 Å². The lowest BCUT2D eigenvalue weighted by Gasteiger charge is -2.21. The number of nitriles is 1. The molecule has 0 spiro atoms. The number of ketones is 1. The topological polar surface area (TPSA) is 70.0 Å². The molecule has 0 fully saturated rings. The number of hydrogen-bond acceptors (Lipinski definition) is 3. The van der Waals surface area contributed by atoms with Crippen molar-refractivity contribution in [3.63, 3.8) is 0 Å². The van der Waals surface area contributed by atoms with Gasteiger partial charge in [-0.1, -0.05) is 37.3 Å². The van der Waals surface area contributed by atoms with Crippen molar-refractivity contribution in [2.45, 2.75) is 26.8 Å². The maximum Gasteiger partial charge on any atom is 0.251 e. The highest BCUT2D eigenvalue weighted by molar-refractivity contribution is 5.99. The maximum absolute atomic E-state index is 12.5. The van der Waals surface area contributed by atoms with Gasteiger partial charge >= 0.3 is 0 Å². The van der Waals surface area contributed by atoms with Crippen molar-refractivity contribution in [3.8, 4) is 6.07 Å². The van der Waals surface area contributed by atoms with Crippen LogP contribution in [0.4, 0.5) is 0 Å². The van der Waals surface area contributed by atoms with Gasteiger partial charge in [-0.3, -0.25) is 9.59 Å². The Hall–Kier alpha value is -2.93. The van der Waals surface area contributed by atoms with Crippen LogP contribution in [-0.4, -0.2) is 17.7 Å². The van der Waals surface area contributed by atoms with Gasteiger partial charge < -0.3 is 5.32 Å². The molecule has 0 aliphatic rings. The lowest BCUT2D eigenvalue weighted by atomic mass is 9.92. The van der Waals surface area contributed by atoms with E-state index in [1.165, 1.54) is 0 Å². The van der Waals surface area contributed by atoms with Crippen LogP contribution in [0.25, 0.3) is 0 Å². The molecule has 2 atom stereocenters. The van der Waals surface area contributed by atoms with Gasteiger partial charge in [0, 0.05) is 23.1 Å². The molecule has 24 heavy (non-hydrogen) atoms. The van der Waals surface area contributed by atoms with Crippen molar-refractivity contribution in [2.75, 3.05) is 0 Å². The molecular weight excluding hydrogens is 300 g/mol. The Balaban J connectivity index is 2.07. The van der Waals surface area contributed by atoms with Crippen molar-refractivity contribution in [2.24, 2.45) is 5.92 Å². The monoisotopic (exact) mass is 320 g/mol. The summed E-state index contributed by atoms with van der Waals surface area (Å²) in [6.45, 7) is 5.50. The Morgan fingerprint density at radius 3 is 2.25 bits per heavy atom. The van der Waals surface area contributed by atoms with Crippen molar-refractivity contribution in [1.29, 1.82) is 5.26 Å². The van der Waals surface area contributed by atoms with Crippen molar-refractivity contribution in [1.82, 2.24) is 5.32 Å². The number of aryl methyl sites for hydroxylation is 1. The third-order valence-electron chi connectivity index (χ3n) is 4.21. The third kappa shape index (κ3) is 3.88. The standard InChI is InChI=1S/C20H20N2O2/c1-13-6-4-5-7-18(13)20(24)22-15(3)14(2)19(23)17-10-8-16(12-21)9-11-17/h4-11,14-15H,1-3H3,(H,22,24). The molecule has 0 aliphatic heterocycles. The molecule has 4 heteroatoms. The number of nitrogens with one attached hydrogen (secondary N) is 1. The molecule has 0 saturated heterocycles. The summed E-state index contributed by atoms with van der Waals surface area (Å²) in [5.41, 5.74) is 2.56. The molecule has 0 bridgehead atoms. The van der Waals surface area contributed by atoms with E-state index in [1.807, 2.05) is 38.1 Å². The first-order chi connectivity index (χ1) is 11.4. The summed E-state index contributed by atoms with van der Waals surface area (Å²) in [6, 6.07) is 15.6. The predicted molar refractivity (Wildman–Crippen MR) is 92.8 cm³/mol. The maximum atomic E-state index is 12.5. The SMILES string of the molecule is Cc1ccccc1C(=O)NC(C)C(C)C(=O)c1ccc(C#N)cc1. The van der Waals surface area contributed by atoms with Gasteiger partial charge in [0.05, 0.1) is 11.6 Å². The molecule has 0 heterocycles. The average Bonchev–Trinajstić information content (AvgIpc) is 2.60. The van der Waals surface area contributed by atoms with Crippen LogP contribution in [0, 0.1) is 24.2 Å². The van der Waals surface area contributed by atoms with Crippen LogP contribution in [0.3, 0.4) is 0 Å². The van der Waals surface area contributed by atoms with Gasteiger partial charge in [0.25, 0.3) is 5.91 Å². The largest absolute Gasteiger partial charge is 0.349 e. The van der Waals surface area contributed by atoms with Crippen LogP contribution in [-0.2, 0) is 0 Å². The summed E-state index contributed by atoms with van der Waals surface area (Å²) in [5.74, 6) is -0.608. The molecule has 2 aromatic carbocycles. The molecule has 0 aliphatic carbocycles. The van der Waals surface area contributed by atoms with E-state index in [0.29, 0.717) is 16.7 Å². The fraction of sp³-hybridized carbons (Fsp3) is 0.250. The molecule has 2 rings (SSSR count). The second-order valence-electron chi connectivity index (χ2n) is 5.92. The number of amides is 1. The Morgan fingerprint density at radius 2 is 1.67 bits per heavy atom. The van der Waals surface area contributed by atoms with Gasteiger partial charge in [0.2, 0.25) is 0 Å². The summed E-state index contributed by atoms with van der Waals surface area (Å²) >= 11 is 0. The zero-order valence-electron chi connectivity index (χ0n) is 14.0. The van der Waals surface area contributed by atoms with E-state index in [1.54, 1.807) is 37.3 Å². The number of benzene rings is 2. The molecule has 122 valence electrons. The zero-order valence-corrected chi connectivity index (χ0v) is 14.0. The fourth-order valence-corrected chi connectivity index (χ4v) is 2.44. The minimum absolute atomic E-state index is 0.0583. The van der Waals surface area contributed by atoms with Gasteiger partial charge in [0.1, 0.15) is 0 Å². The molecule has 1 amide bonds. The van der Waals surface area contributed by atoms with E-state index in [-0.39, 0.29) is 23.7 Å². The van der Waals surface area contributed by atoms with Gasteiger partial charge in [0.15, 0.2) is 5.78 Å². The number of nitrogens with zero attached hydrogens (tertiary/aromatic N) is 1. The zero-order chi connectivity index (χ0) is 17.7. The summed E-state index contributed by atoms with van der Waals surface area (Å²) in [5, 5.41) is 11.7. The van der Waals surface area contributed by atoms with E-state index in [0.717, 1.165) is 5.56 Å². The second kappa shape index (κ2) is 7.56. The van der Waals surface area contributed by atoms with Crippen LogP contribution >= 0.6 is 0 Å². The first-order valence-corrected chi connectivity index (χ1v) is 7.85. The van der Waals surface area contributed by atoms with Gasteiger partial charge in [-0.15, -0.1) is 0 Å². The molecular formula is C20H20N2O2. The van der Waals surface area contributed by atoms with E-state index in [9.17, 15) is 9.59 Å². The number of Topliss-reactive ketones (excluding diaryl/α,β-unsaturated/α-hetero) is 1. The summed E-state index contributed by atoms with van der Waals surface area (Å²) in [4.78, 5) is 24.9. The van der Waals surface area contributed by atoms with Gasteiger partial charge in [-0.25, -0.2) is 0 Å². The number of carbonyl (C=O) groups excluding carboxylic acids is 2. The molecule has 2 aromatic rings. The first-order valence-electron chi connectivity index (χ1n) is 7.85. The second-order valence-corrected chi connectivity index (χ2v) is 5.92. The molecule has 0 saturated carbocycles. The highest BCUT2D eigenvalue weighted by Crippen LogP contribution is 2.15. The number of hydrogen-bond donors (Lipinski definition) is 1. The summed E-state index contributed by atoms with van der Waals surface area (Å²) in [6.07, 6.45) is 0.